The summed E-state index contributed by atoms with van der Waals surface area (Å²) in [4.78, 5) is 1.66. The number of terminal acetylenes is 1. The van der Waals surface area contributed by atoms with Gasteiger partial charge in [0.2, 0.25) is 0 Å². The molecule has 9 heavy (non-hydrogen) atoms. The molecule has 0 radical (unpaired) electrons. The van der Waals surface area contributed by atoms with Crippen LogP contribution in [0.3, 0.4) is 0 Å². The van der Waals surface area contributed by atoms with Gasteiger partial charge in [-0.2, -0.15) is 0 Å². The average Bonchev–Trinajstić information content (AvgIpc) is 1.67. The van der Waals surface area contributed by atoms with E-state index >= 15 is 0 Å². The van der Waals surface area contributed by atoms with Crippen LogP contribution >= 0.6 is 12.2 Å². The molecule has 0 aliphatic rings. The molecule has 0 saturated heterocycles. The van der Waals surface area contributed by atoms with Crippen LogP contribution in [0.25, 0.3) is 0 Å². The van der Waals surface area contributed by atoms with Crippen molar-refractivity contribution in [1.82, 2.24) is 4.90 Å². The van der Waals surface area contributed by atoms with Crippen molar-refractivity contribution in [3.05, 3.63) is 0 Å². The number of nitrogens with zero attached hydrogens (tertiary/aromatic N) is 1. The molecule has 0 saturated carbocycles. The summed E-state index contributed by atoms with van der Waals surface area (Å²) in [6, 6.07) is 0. The van der Waals surface area contributed by atoms with Gasteiger partial charge in [0.1, 0.15) is 0 Å². The number of hydrogen-bond donors (Lipinski definition) is 0. The summed E-state index contributed by atoms with van der Waals surface area (Å²) in [7, 11) is 1.77. The quantitative estimate of drug-likeness (QED) is 0.190. The van der Waals surface area contributed by atoms with Crippen molar-refractivity contribution in [2.45, 2.75) is 0 Å². The van der Waals surface area contributed by atoms with Gasteiger partial charge in [0, 0.05) is 7.05 Å². The molecule has 1 nitrogen and oxygen atoms in total. The zero-order valence-electron chi connectivity index (χ0n) is 5.55. The smallest absolute Gasteiger partial charge is 0.411 e. The predicted molar refractivity (Wildman–Crippen MR) is 41.4 cm³/mol. The van der Waals surface area contributed by atoms with Gasteiger partial charge in [0.05, 0.1) is 6.54 Å². The molecule has 0 bridgehead atoms. The first-order chi connectivity index (χ1) is 3.68. The third-order valence-electron chi connectivity index (χ3n) is 0.640. The maximum Gasteiger partial charge on any atom is 1.00 e. The number of rotatable bonds is 1. The Balaban J connectivity index is 0. The molecule has 0 aromatic rings. The summed E-state index contributed by atoms with van der Waals surface area (Å²) in [6.07, 6.45) is 4.97. The van der Waals surface area contributed by atoms with E-state index in [1.807, 2.05) is 0 Å². The fraction of sp³-hybridized carbons (Fsp3) is 0.400. The van der Waals surface area contributed by atoms with Crippen LogP contribution in [0.5, 0.6) is 0 Å². The second-order valence-corrected chi connectivity index (χ2v) is 2.36. The summed E-state index contributed by atoms with van der Waals surface area (Å²) in [5.74, 6) is 2.42. The van der Waals surface area contributed by atoms with Crippen LogP contribution in [-0.4, -0.2) is 22.8 Å². The van der Waals surface area contributed by atoms with Gasteiger partial charge < -0.3 is 29.7 Å². The van der Waals surface area contributed by atoms with Crippen molar-refractivity contribution in [1.29, 1.82) is 0 Å². The zero-order valence-corrected chi connectivity index (χ0v) is 10.3. The topological polar surface area (TPSA) is 3.24 Å². The second-order valence-electron chi connectivity index (χ2n) is 1.33. The number of hydrogen-bond acceptors (Lipinski definition) is 2. The first kappa shape index (κ1) is 12.9. The number of thiocarbonyl (C=S) groups is 1. The summed E-state index contributed by atoms with van der Waals surface area (Å²) < 4.78 is 0.419. The molecule has 0 aromatic heterocycles. The third-order valence-corrected chi connectivity index (χ3v) is 1.26. The monoisotopic (exact) mass is 183 g/mol. The molecule has 0 fully saturated rings. The van der Waals surface area contributed by atoms with Crippen LogP contribution in [0.2, 0.25) is 0 Å². The Morgan fingerprint density at radius 1 is 1.89 bits per heavy atom. The molecule has 0 aromatic carbocycles. The molecular weight excluding hydrogens is 177 g/mol. The SMILES string of the molecule is C#CCN(C)C(=S)[S-].[K+]. The Morgan fingerprint density at radius 2 is 2.33 bits per heavy atom. The van der Waals surface area contributed by atoms with Crippen LogP contribution < -0.4 is 51.4 Å². The van der Waals surface area contributed by atoms with Crippen molar-refractivity contribution < 1.29 is 51.4 Å². The Kier molecular flexibility index (Phi) is 10.7. The minimum absolute atomic E-state index is 0. The molecule has 0 N–H and O–H groups in total. The van der Waals surface area contributed by atoms with Crippen LogP contribution in [0.15, 0.2) is 0 Å². The van der Waals surface area contributed by atoms with Gasteiger partial charge in [0.15, 0.2) is 0 Å². The van der Waals surface area contributed by atoms with Crippen LogP contribution in [0, 0.1) is 12.3 Å². The molecule has 0 amide bonds. The molecule has 0 spiro atoms. The van der Waals surface area contributed by atoms with Crippen molar-refractivity contribution in [3.8, 4) is 12.3 Å². The molecular formula is C5H6KNS2. The van der Waals surface area contributed by atoms with Gasteiger partial charge >= 0.3 is 51.4 Å². The van der Waals surface area contributed by atoms with E-state index < -0.39 is 0 Å². The third kappa shape index (κ3) is 7.20. The largest absolute Gasteiger partial charge is 1.00 e. The van der Waals surface area contributed by atoms with Crippen molar-refractivity contribution in [3.63, 3.8) is 0 Å². The fourth-order valence-corrected chi connectivity index (χ4v) is 0.331. The maximum atomic E-state index is 4.97. The standard InChI is InChI=1S/C5H7NS2.K/c1-3-4-6(2)5(7)8;/h1H,4H2,2H3,(H,7,8);/q;+1/p-1. The molecule has 0 heterocycles. The molecule has 0 atom stereocenters. The Labute approximate surface area is 109 Å². The fourth-order valence-electron chi connectivity index (χ4n) is 0.201. The molecule has 0 unspecified atom stereocenters. The molecule has 0 aliphatic carbocycles. The Morgan fingerprint density at radius 3 is 2.44 bits per heavy atom. The molecule has 0 aliphatic heterocycles. The maximum absolute atomic E-state index is 4.97. The zero-order chi connectivity index (χ0) is 6.57. The van der Waals surface area contributed by atoms with E-state index in [-0.39, 0.29) is 51.4 Å². The summed E-state index contributed by atoms with van der Waals surface area (Å²) in [5, 5.41) is 0. The van der Waals surface area contributed by atoms with Gasteiger partial charge in [-0.05, 0) is 0 Å². The van der Waals surface area contributed by atoms with Gasteiger partial charge in [-0.25, -0.2) is 0 Å². The van der Waals surface area contributed by atoms with Crippen LogP contribution in [-0.2, 0) is 12.6 Å². The van der Waals surface area contributed by atoms with Gasteiger partial charge in [-0.15, -0.1) is 6.42 Å². The van der Waals surface area contributed by atoms with E-state index in [1.54, 1.807) is 11.9 Å². The van der Waals surface area contributed by atoms with E-state index in [4.69, 9.17) is 6.42 Å². The van der Waals surface area contributed by atoms with Crippen molar-refractivity contribution >= 4 is 29.2 Å². The first-order valence-electron chi connectivity index (χ1n) is 2.04. The van der Waals surface area contributed by atoms with Gasteiger partial charge in [-0.1, -0.05) is 10.2 Å². The molecule has 44 valence electrons. The molecule has 4 heteroatoms. The van der Waals surface area contributed by atoms with Crippen molar-refractivity contribution in [2.24, 2.45) is 0 Å². The average molecular weight is 183 g/mol. The first-order valence-corrected chi connectivity index (χ1v) is 2.85. The van der Waals surface area contributed by atoms with E-state index in [0.29, 0.717) is 10.9 Å². The second kappa shape index (κ2) is 7.41. The van der Waals surface area contributed by atoms with Crippen LogP contribution in [0.1, 0.15) is 0 Å². The summed E-state index contributed by atoms with van der Waals surface area (Å²) in [5.41, 5.74) is 0. The molecule has 0 rings (SSSR count). The van der Waals surface area contributed by atoms with Gasteiger partial charge in [-0.3, -0.25) is 0 Å². The minimum Gasteiger partial charge on any atom is -0.411 e. The summed E-state index contributed by atoms with van der Waals surface area (Å²) in [6.45, 7) is 0.502. The predicted octanol–water partition coefficient (Wildman–Crippen LogP) is -2.61. The van der Waals surface area contributed by atoms with Crippen molar-refractivity contribution in [2.75, 3.05) is 13.6 Å². The van der Waals surface area contributed by atoms with E-state index in [2.05, 4.69) is 30.8 Å². The van der Waals surface area contributed by atoms with E-state index in [0.717, 1.165) is 0 Å². The Hall–Kier alpha value is 1.31. The Bertz CT molecular complexity index is 129. The van der Waals surface area contributed by atoms with Crippen LogP contribution in [0.4, 0.5) is 0 Å². The van der Waals surface area contributed by atoms with E-state index in [9.17, 15) is 0 Å². The van der Waals surface area contributed by atoms with Gasteiger partial charge in [0.25, 0.3) is 0 Å². The normalized spacial score (nSPS) is 6.67. The minimum atomic E-state index is 0. The van der Waals surface area contributed by atoms with E-state index in [1.165, 1.54) is 0 Å². The summed E-state index contributed by atoms with van der Waals surface area (Å²) >= 11 is 9.26.